The quantitative estimate of drug-likeness (QED) is 0.692. The zero-order valence-corrected chi connectivity index (χ0v) is 12.7. The molecular formula is C20H21NO. The Morgan fingerprint density at radius 3 is 2.41 bits per heavy atom. The van der Waals surface area contributed by atoms with Gasteiger partial charge in [-0.3, -0.25) is 4.98 Å². The fraction of sp³-hybridized carbons (Fsp3) is 0.250. The molecule has 3 aromatic rings. The predicted molar refractivity (Wildman–Crippen MR) is 91.0 cm³/mol. The summed E-state index contributed by atoms with van der Waals surface area (Å²) in [5.41, 5.74) is 3.75. The van der Waals surface area contributed by atoms with E-state index in [4.69, 9.17) is 5.11 Å². The smallest absolute Gasteiger partial charge is 0.0525 e. The largest absolute Gasteiger partial charge is 0.396 e. The second-order valence-electron chi connectivity index (χ2n) is 5.65. The number of benzene rings is 2. The average Bonchev–Trinajstić information content (AvgIpc) is 2.57. The van der Waals surface area contributed by atoms with Crippen molar-refractivity contribution in [1.82, 2.24) is 4.98 Å². The highest BCUT2D eigenvalue weighted by molar-refractivity contribution is 5.84. The summed E-state index contributed by atoms with van der Waals surface area (Å²) in [7, 11) is 0. The van der Waals surface area contributed by atoms with Gasteiger partial charge in [0.15, 0.2) is 0 Å². The molecule has 0 radical (unpaired) electrons. The van der Waals surface area contributed by atoms with Crippen molar-refractivity contribution in [1.29, 1.82) is 0 Å². The molecule has 3 rings (SSSR count). The molecule has 1 aromatic heterocycles. The molecule has 0 bridgehead atoms. The summed E-state index contributed by atoms with van der Waals surface area (Å²) in [6.07, 6.45) is 5.70. The van der Waals surface area contributed by atoms with Gasteiger partial charge in [-0.05, 0) is 41.8 Å². The van der Waals surface area contributed by atoms with E-state index < -0.39 is 0 Å². The van der Waals surface area contributed by atoms with Crippen LogP contribution in [0.25, 0.3) is 10.8 Å². The molecule has 2 nitrogen and oxygen atoms in total. The number of pyridine rings is 1. The summed E-state index contributed by atoms with van der Waals surface area (Å²) in [6.45, 7) is 0.283. The number of aryl methyl sites for hydroxylation is 1. The van der Waals surface area contributed by atoms with Crippen LogP contribution < -0.4 is 0 Å². The van der Waals surface area contributed by atoms with E-state index in [2.05, 4.69) is 59.6 Å². The number of aliphatic hydroxyl groups is 1. The van der Waals surface area contributed by atoms with E-state index in [1.807, 2.05) is 6.20 Å². The second kappa shape index (κ2) is 7.19. The van der Waals surface area contributed by atoms with Crippen molar-refractivity contribution in [3.63, 3.8) is 0 Å². The van der Waals surface area contributed by atoms with Crippen LogP contribution in [0.4, 0.5) is 0 Å². The van der Waals surface area contributed by atoms with E-state index >= 15 is 0 Å². The van der Waals surface area contributed by atoms with Crippen molar-refractivity contribution in [2.24, 2.45) is 0 Å². The van der Waals surface area contributed by atoms with Gasteiger partial charge in [0, 0.05) is 24.6 Å². The highest BCUT2D eigenvalue weighted by Gasteiger charge is 2.03. The minimum absolute atomic E-state index is 0.283. The zero-order chi connectivity index (χ0) is 15.2. The molecular weight excluding hydrogens is 270 g/mol. The van der Waals surface area contributed by atoms with Crippen molar-refractivity contribution >= 4 is 10.8 Å². The lowest BCUT2D eigenvalue weighted by molar-refractivity contribution is 0.284. The van der Waals surface area contributed by atoms with E-state index in [9.17, 15) is 0 Å². The van der Waals surface area contributed by atoms with Gasteiger partial charge in [-0.1, -0.05) is 48.5 Å². The second-order valence-corrected chi connectivity index (χ2v) is 5.65. The molecule has 0 spiro atoms. The van der Waals surface area contributed by atoms with Crippen LogP contribution in [-0.2, 0) is 12.8 Å². The summed E-state index contributed by atoms with van der Waals surface area (Å²) >= 11 is 0. The Kier molecular flexibility index (Phi) is 4.81. The molecule has 0 saturated carbocycles. The fourth-order valence-corrected chi connectivity index (χ4v) is 2.78. The summed E-state index contributed by atoms with van der Waals surface area (Å²) in [5, 5.41) is 11.3. The number of fused-ring (bicyclic) bond motifs is 1. The molecule has 0 fully saturated rings. The monoisotopic (exact) mass is 291 g/mol. The van der Waals surface area contributed by atoms with Crippen molar-refractivity contribution in [3.05, 3.63) is 77.6 Å². The van der Waals surface area contributed by atoms with Crippen molar-refractivity contribution < 1.29 is 5.11 Å². The summed E-state index contributed by atoms with van der Waals surface area (Å²) in [5.74, 6) is 0. The third-order valence-corrected chi connectivity index (χ3v) is 4.02. The van der Waals surface area contributed by atoms with E-state index in [1.54, 1.807) is 0 Å². The van der Waals surface area contributed by atoms with E-state index in [1.165, 1.54) is 21.9 Å². The number of aromatic nitrogens is 1. The van der Waals surface area contributed by atoms with Crippen molar-refractivity contribution in [2.45, 2.75) is 25.7 Å². The molecule has 1 heterocycles. The fourth-order valence-electron chi connectivity index (χ4n) is 2.78. The molecule has 2 aromatic carbocycles. The van der Waals surface area contributed by atoms with Gasteiger partial charge in [-0.2, -0.15) is 0 Å². The number of aliphatic hydroxyl groups excluding tert-OH is 1. The van der Waals surface area contributed by atoms with Crippen molar-refractivity contribution in [2.75, 3.05) is 6.61 Å². The van der Waals surface area contributed by atoms with Gasteiger partial charge < -0.3 is 5.11 Å². The lowest BCUT2D eigenvalue weighted by Crippen LogP contribution is -1.94. The summed E-state index contributed by atoms with van der Waals surface area (Å²) in [4.78, 5) is 4.56. The first kappa shape index (κ1) is 14.7. The first-order chi connectivity index (χ1) is 10.9. The Morgan fingerprint density at radius 1 is 0.818 bits per heavy atom. The third kappa shape index (κ3) is 3.52. The summed E-state index contributed by atoms with van der Waals surface area (Å²) < 4.78 is 0. The van der Waals surface area contributed by atoms with Crippen LogP contribution in [0, 0.1) is 0 Å². The van der Waals surface area contributed by atoms with Crippen LogP contribution in [0.1, 0.15) is 29.7 Å². The zero-order valence-electron chi connectivity index (χ0n) is 12.7. The molecule has 0 aliphatic heterocycles. The molecule has 0 amide bonds. The van der Waals surface area contributed by atoms with Crippen LogP contribution in [0.3, 0.4) is 0 Å². The number of hydrogen-bond acceptors (Lipinski definition) is 2. The molecule has 0 aliphatic rings. The lowest BCUT2D eigenvalue weighted by Gasteiger charge is -2.07. The lowest BCUT2D eigenvalue weighted by atomic mass is 10.0. The van der Waals surface area contributed by atoms with Crippen LogP contribution in [-0.4, -0.2) is 16.7 Å². The molecule has 1 N–H and O–H groups in total. The first-order valence-corrected chi connectivity index (χ1v) is 7.88. The Balaban J connectivity index is 1.75. The number of rotatable bonds is 6. The van der Waals surface area contributed by atoms with Crippen LogP contribution in [0.5, 0.6) is 0 Å². The van der Waals surface area contributed by atoms with Gasteiger partial charge in [0.25, 0.3) is 0 Å². The molecule has 0 atom stereocenters. The van der Waals surface area contributed by atoms with Crippen LogP contribution >= 0.6 is 0 Å². The van der Waals surface area contributed by atoms with E-state index in [-0.39, 0.29) is 6.61 Å². The Labute approximate surface area is 131 Å². The SMILES string of the molecule is OCCCCc1ccc(Cc2nccc3ccccc23)cc1. The molecule has 0 unspecified atom stereocenters. The molecule has 0 saturated heterocycles. The Morgan fingerprint density at radius 2 is 1.59 bits per heavy atom. The minimum Gasteiger partial charge on any atom is -0.396 e. The van der Waals surface area contributed by atoms with Gasteiger partial charge >= 0.3 is 0 Å². The Hall–Kier alpha value is -2.19. The first-order valence-electron chi connectivity index (χ1n) is 7.88. The molecule has 2 heteroatoms. The van der Waals surface area contributed by atoms with Gasteiger partial charge in [0.05, 0.1) is 5.69 Å². The molecule has 112 valence electrons. The maximum absolute atomic E-state index is 8.83. The summed E-state index contributed by atoms with van der Waals surface area (Å²) in [6, 6.07) is 19.2. The number of unbranched alkanes of at least 4 members (excludes halogenated alkanes) is 1. The van der Waals surface area contributed by atoms with E-state index in [0.717, 1.165) is 31.4 Å². The Bertz CT molecular complexity index is 729. The van der Waals surface area contributed by atoms with Crippen LogP contribution in [0.15, 0.2) is 60.8 Å². The highest BCUT2D eigenvalue weighted by atomic mass is 16.2. The normalized spacial score (nSPS) is 11.0. The van der Waals surface area contributed by atoms with Gasteiger partial charge in [0.2, 0.25) is 0 Å². The van der Waals surface area contributed by atoms with Crippen molar-refractivity contribution in [3.8, 4) is 0 Å². The standard InChI is InChI=1S/C20H21NO/c22-14-4-3-5-16-8-10-17(11-9-16)15-20-19-7-2-1-6-18(19)12-13-21-20/h1-2,6-13,22H,3-5,14-15H2. The molecule has 22 heavy (non-hydrogen) atoms. The highest BCUT2D eigenvalue weighted by Crippen LogP contribution is 2.19. The number of hydrogen-bond donors (Lipinski definition) is 1. The average molecular weight is 291 g/mol. The van der Waals surface area contributed by atoms with Gasteiger partial charge in [-0.15, -0.1) is 0 Å². The van der Waals surface area contributed by atoms with Gasteiger partial charge in [0.1, 0.15) is 0 Å². The topological polar surface area (TPSA) is 33.1 Å². The van der Waals surface area contributed by atoms with Crippen LogP contribution in [0.2, 0.25) is 0 Å². The van der Waals surface area contributed by atoms with E-state index in [0.29, 0.717) is 0 Å². The predicted octanol–water partition coefficient (Wildman–Crippen LogP) is 4.14. The number of nitrogens with zero attached hydrogens (tertiary/aromatic N) is 1. The molecule has 0 aliphatic carbocycles. The van der Waals surface area contributed by atoms with Gasteiger partial charge in [-0.25, -0.2) is 0 Å². The maximum Gasteiger partial charge on any atom is 0.0525 e. The maximum atomic E-state index is 8.83. The third-order valence-electron chi connectivity index (χ3n) is 4.02. The minimum atomic E-state index is 0.283.